The maximum Gasteiger partial charge on any atom is 0.326 e. The highest BCUT2D eigenvalue weighted by Crippen LogP contribution is 2.28. The van der Waals surface area contributed by atoms with Gasteiger partial charge < -0.3 is 9.84 Å². The summed E-state index contributed by atoms with van der Waals surface area (Å²) >= 11 is 1.57. The smallest absolute Gasteiger partial charge is 0.326 e. The van der Waals surface area contributed by atoms with Crippen molar-refractivity contribution in [3.05, 3.63) is 35.4 Å². The van der Waals surface area contributed by atoms with Crippen LogP contribution in [-0.2, 0) is 14.3 Å². The number of thioether (sulfide) groups is 1. The molecule has 8 nitrogen and oxygen atoms in total. The Morgan fingerprint density at radius 3 is 2.48 bits per heavy atom. The van der Waals surface area contributed by atoms with E-state index in [9.17, 15) is 24.3 Å². The summed E-state index contributed by atoms with van der Waals surface area (Å²) in [5.41, 5.74) is 0.477. The van der Waals surface area contributed by atoms with E-state index in [0.717, 1.165) is 4.90 Å². The van der Waals surface area contributed by atoms with Gasteiger partial charge in [-0.1, -0.05) is 12.1 Å². The Hall–Kier alpha value is -2.39. The van der Waals surface area contributed by atoms with E-state index in [1.807, 2.05) is 0 Å². The van der Waals surface area contributed by atoms with Gasteiger partial charge in [0.15, 0.2) is 0 Å². The van der Waals surface area contributed by atoms with E-state index < -0.39 is 23.8 Å². The van der Waals surface area contributed by atoms with Crippen molar-refractivity contribution >= 4 is 35.5 Å². The summed E-state index contributed by atoms with van der Waals surface area (Å²) in [6.07, 6.45) is 1.26. The van der Waals surface area contributed by atoms with Gasteiger partial charge in [-0.25, -0.2) is 4.79 Å². The topological polar surface area (TPSA) is 113 Å². The number of nitrogens with zero attached hydrogens (tertiary/aromatic N) is 1. The van der Waals surface area contributed by atoms with Crippen LogP contribution in [-0.4, -0.2) is 64.1 Å². The van der Waals surface area contributed by atoms with Gasteiger partial charge in [0, 0.05) is 5.75 Å². The number of fused-ring (bicyclic) bond motifs is 1. The largest absolute Gasteiger partial charge is 0.480 e. The molecule has 144 valence electrons. The highest BCUT2D eigenvalue weighted by atomic mass is 32.2. The van der Waals surface area contributed by atoms with E-state index in [-0.39, 0.29) is 34.9 Å². The predicted molar refractivity (Wildman–Crippen MR) is 97.4 cm³/mol. The molecular weight excluding hydrogens is 372 g/mol. The molecule has 3 rings (SSSR count). The van der Waals surface area contributed by atoms with Crippen LogP contribution in [0.1, 0.15) is 40.0 Å². The molecule has 0 saturated carbocycles. The molecule has 1 aromatic carbocycles. The summed E-state index contributed by atoms with van der Waals surface area (Å²) in [6.45, 7) is 0. The van der Waals surface area contributed by atoms with Crippen molar-refractivity contribution < 1.29 is 29.0 Å². The monoisotopic (exact) mass is 392 g/mol. The third-order valence-electron chi connectivity index (χ3n) is 4.70. The number of nitrogens with one attached hydrogen (secondary N) is 1. The molecule has 0 radical (unpaired) electrons. The molecule has 1 saturated heterocycles. The van der Waals surface area contributed by atoms with Crippen LogP contribution in [0.5, 0.6) is 0 Å². The lowest BCUT2D eigenvalue weighted by molar-refractivity contribution is -0.142. The van der Waals surface area contributed by atoms with Crippen molar-refractivity contribution in [2.45, 2.75) is 36.7 Å². The van der Waals surface area contributed by atoms with Gasteiger partial charge >= 0.3 is 11.9 Å². The molecule has 0 aromatic heterocycles. The summed E-state index contributed by atoms with van der Waals surface area (Å²) in [5, 5.41) is 12.7. The number of ether oxygens (including phenoxy) is 1. The number of carbonyl (C=O) groups is 4. The van der Waals surface area contributed by atoms with E-state index >= 15 is 0 Å². The Morgan fingerprint density at radius 2 is 1.93 bits per heavy atom. The van der Waals surface area contributed by atoms with Gasteiger partial charge in [-0.05, 0) is 31.4 Å². The Morgan fingerprint density at radius 1 is 1.30 bits per heavy atom. The number of hydrogen-bond donors (Lipinski definition) is 2. The van der Waals surface area contributed by atoms with E-state index in [4.69, 9.17) is 4.74 Å². The van der Waals surface area contributed by atoms with Gasteiger partial charge in [0.05, 0.1) is 23.6 Å². The highest BCUT2D eigenvalue weighted by Gasteiger charge is 2.42. The zero-order valence-electron chi connectivity index (χ0n) is 14.7. The Bertz CT molecular complexity index is 748. The van der Waals surface area contributed by atoms with Gasteiger partial charge in [-0.3, -0.25) is 24.6 Å². The van der Waals surface area contributed by atoms with Crippen molar-refractivity contribution in [2.24, 2.45) is 0 Å². The number of esters is 1. The molecule has 1 unspecified atom stereocenters. The minimum Gasteiger partial charge on any atom is -0.480 e. The molecule has 0 aliphatic carbocycles. The second kappa shape index (κ2) is 8.10. The molecule has 2 N–H and O–H groups in total. The Balaban J connectivity index is 1.60. The molecule has 2 aliphatic heterocycles. The lowest BCUT2D eigenvalue weighted by Crippen LogP contribution is -2.45. The number of carboxylic acid groups (broad SMARTS) is 1. The number of imide groups is 1. The maximum atomic E-state index is 12.5. The van der Waals surface area contributed by atoms with Crippen LogP contribution in [0.4, 0.5) is 0 Å². The van der Waals surface area contributed by atoms with Crippen molar-refractivity contribution in [1.82, 2.24) is 10.2 Å². The Kier molecular flexibility index (Phi) is 5.81. The van der Waals surface area contributed by atoms with Crippen LogP contribution in [0.3, 0.4) is 0 Å². The number of amides is 2. The molecule has 1 fully saturated rings. The summed E-state index contributed by atoms with van der Waals surface area (Å²) in [5.74, 6) is -2.06. The summed E-state index contributed by atoms with van der Waals surface area (Å²) < 4.78 is 4.70. The van der Waals surface area contributed by atoms with Crippen molar-refractivity contribution in [3.63, 3.8) is 0 Å². The zero-order chi connectivity index (χ0) is 19.6. The SMILES string of the molecule is COC(=O)[C@@H]1CS[C@H](CCCC(C(=O)O)N2C(=O)c3ccccc3C2=O)N1. The van der Waals surface area contributed by atoms with E-state index in [2.05, 4.69) is 5.32 Å². The number of aliphatic carboxylic acids is 1. The maximum absolute atomic E-state index is 12.5. The number of rotatable bonds is 7. The molecule has 3 atom stereocenters. The Labute approximate surface area is 160 Å². The molecule has 2 heterocycles. The fourth-order valence-corrected chi connectivity index (χ4v) is 4.58. The summed E-state index contributed by atoms with van der Waals surface area (Å²) in [6, 6.07) is 4.77. The average Bonchev–Trinajstić information content (AvgIpc) is 3.23. The van der Waals surface area contributed by atoms with E-state index in [1.165, 1.54) is 19.2 Å². The predicted octanol–water partition coefficient (Wildman–Crippen LogP) is 1.11. The summed E-state index contributed by atoms with van der Waals surface area (Å²) in [4.78, 5) is 49.1. The van der Waals surface area contributed by atoms with Crippen LogP contribution in [0, 0.1) is 0 Å². The fourth-order valence-electron chi connectivity index (χ4n) is 3.33. The second-order valence-corrected chi connectivity index (χ2v) is 7.61. The van der Waals surface area contributed by atoms with Crippen molar-refractivity contribution in [2.75, 3.05) is 12.9 Å². The normalized spacial score (nSPS) is 22.6. The first-order valence-electron chi connectivity index (χ1n) is 8.59. The number of carboxylic acids is 1. The highest BCUT2D eigenvalue weighted by molar-refractivity contribution is 8.00. The van der Waals surface area contributed by atoms with Crippen LogP contribution < -0.4 is 5.32 Å². The summed E-state index contributed by atoms with van der Waals surface area (Å²) in [7, 11) is 1.33. The number of carbonyl (C=O) groups excluding carboxylic acids is 3. The molecule has 2 aliphatic rings. The minimum absolute atomic E-state index is 0.00530. The van der Waals surface area contributed by atoms with Gasteiger partial charge in [-0.2, -0.15) is 0 Å². The van der Waals surface area contributed by atoms with Crippen LogP contribution in [0.25, 0.3) is 0 Å². The van der Waals surface area contributed by atoms with E-state index in [1.54, 1.807) is 23.9 Å². The molecule has 2 amide bonds. The molecule has 0 bridgehead atoms. The molecular formula is C18H20N2O6S. The number of methoxy groups -OCH3 is 1. The number of benzene rings is 1. The van der Waals surface area contributed by atoms with Crippen LogP contribution in [0.15, 0.2) is 24.3 Å². The first kappa shape index (κ1) is 19.4. The molecule has 27 heavy (non-hydrogen) atoms. The lowest BCUT2D eigenvalue weighted by atomic mass is 10.1. The van der Waals surface area contributed by atoms with E-state index in [0.29, 0.717) is 18.6 Å². The van der Waals surface area contributed by atoms with Gasteiger partial charge in [0.2, 0.25) is 0 Å². The number of hydrogen-bond acceptors (Lipinski definition) is 7. The molecule has 9 heteroatoms. The standard InChI is InChI=1S/C18H20N2O6S/c1-26-18(25)12-9-27-14(19-12)8-4-7-13(17(23)24)20-15(21)10-5-2-3-6-11(10)16(20)22/h2-3,5-6,12-14,19H,4,7-9H2,1H3,(H,23,24)/t12-,13?,14+/m0/s1. The first-order valence-corrected chi connectivity index (χ1v) is 9.64. The van der Waals surface area contributed by atoms with Gasteiger partial charge in [0.25, 0.3) is 11.8 Å². The lowest BCUT2D eigenvalue weighted by Gasteiger charge is -2.23. The molecule has 0 spiro atoms. The third kappa shape index (κ3) is 3.84. The fraction of sp³-hybridized carbons (Fsp3) is 0.444. The van der Waals surface area contributed by atoms with Gasteiger partial charge in [-0.15, -0.1) is 11.8 Å². The zero-order valence-corrected chi connectivity index (χ0v) is 15.5. The second-order valence-electron chi connectivity index (χ2n) is 6.38. The average molecular weight is 392 g/mol. The van der Waals surface area contributed by atoms with Crippen molar-refractivity contribution in [3.8, 4) is 0 Å². The van der Waals surface area contributed by atoms with Crippen molar-refractivity contribution in [1.29, 1.82) is 0 Å². The third-order valence-corrected chi connectivity index (χ3v) is 6.00. The molecule has 1 aromatic rings. The van der Waals surface area contributed by atoms with Crippen LogP contribution >= 0.6 is 11.8 Å². The minimum atomic E-state index is -1.21. The van der Waals surface area contributed by atoms with Gasteiger partial charge in [0.1, 0.15) is 12.1 Å². The quantitative estimate of drug-likeness (QED) is 0.524. The van der Waals surface area contributed by atoms with Crippen LogP contribution in [0.2, 0.25) is 0 Å². The first-order chi connectivity index (χ1) is 12.9.